The number of nitrogens with one attached hydrogen (secondary N) is 2. The van der Waals surface area contributed by atoms with E-state index in [1.807, 2.05) is 17.4 Å². The zero-order chi connectivity index (χ0) is 19.1. The maximum atomic E-state index is 12.9. The van der Waals surface area contributed by atoms with Crippen molar-refractivity contribution in [1.29, 1.82) is 0 Å². The van der Waals surface area contributed by atoms with Crippen molar-refractivity contribution in [2.24, 2.45) is 5.92 Å². The Bertz CT molecular complexity index is 998. The lowest BCUT2D eigenvalue weighted by atomic mass is 9.96. The number of nitrogens with zero attached hydrogens (tertiary/aromatic N) is 3. The molecule has 144 valence electrons. The molecule has 1 unspecified atom stereocenters. The number of thiophene rings is 1. The molecule has 1 fully saturated rings. The van der Waals surface area contributed by atoms with Gasteiger partial charge in [0.05, 0.1) is 17.9 Å². The summed E-state index contributed by atoms with van der Waals surface area (Å²) in [5, 5.41) is 9.99. The molecule has 3 heterocycles. The van der Waals surface area contributed by atoms with Gasteiger partial charge in [0, 0.05) is 27.8 Å². The van der Waals surface area contributed by atoms with Gasteiger partial charge in [0.2, 0.25) is 0 Å². The lowest BCUT2D eigenvalue weighted by Gasteiger charge is -2.32. The normalized spacial score (nSPS) is 21.3. The van der Waals surface area contributed by atoms with Gasteiger partial charge in [0.25, 0.3) is 5.91 Å². The first kappa shape index (κ1) is 17.8. The highest BCUT2D eigenvalue weighted by Crippen LogP contribution is 2.42. The predicted octanol–water partition coefficient (Wildman–Crippen LogP) is 2.51. The van der Waals surface area contributed by atoms with Crippen molar-refractivity contribution in [1.82, 2.24) is 14.8 Å². The third kappa shape index (κ3) is 3.45. The molecular weight excluding hydrogens is 394 g/mol. The Balaban J connectivity index is 1.35. The van der Waals surface area contributed by atoms with Gasteiger partial charge in [0.1, 0.15) is 18.7 Å². The molecule has 1 saturated carbocycles. The number of aromatic nitrogens is 3. The van der Waals surface area contributed by atoms with Gasteiger partial charge in [-0.25, -0.2) is 9.67 Å². The highest BCUT2D eigenvalue weighted by atomic mass is 35.5. The van der Waals surface area contributed by atoms with Gasteiger partial charge in [-0.2, -0.15) is 5.10 Å². The average Bonchev–Trinajstić information content (AvgIpc) is 3.16. The van der Waals surface area contributed by atoms with E-state index in [0.29, 0.717) is 29.2 Å². The predicted molar refractivity (Wildman–Crippen MR) is 109 cm³/mol. The molecule has 0 spiro atoms. The van der Waals surface area contributed by atoms with E-state index < -0.39 is 0 Å². The summed E-state index contributed by atoms with van der Waals surface area (Å²) in [4.78, 5) is 19.8. The van der Waals surface area contributed by atoms with Crippen LogP contribution in [-0.2, 0) is 11.2 Å². The minimum Gasteiger partial charge on any atom is -0.320 e. The summed E-state index contributed by atoms with van der Waals surface area (Å²) in [7, 11) is 0. The molecule has 1 amide bonds. The topological polar surface area (TPSA) is 64.2 Å². The van der Waals surface area contributed by atoms with Crippen molar-refractivity contribution in [2.75, 3.05) is 18.4 Å². The standard InChI is InChI=1S/C20H20ClN5OS/c21-14-3-4-17(26-12-22-11-23-26)16(9-14)24-19(27)10-25-7-5-18-15(6-8-28-18)20(25)13-1-2-13/h3-4,6,8-9,11-13,20H,1-2,5,7,10H2,(H,24,27)/p+1/t20-/m0/s1. The SMILES string of the molecule is O=C(C[NH+]1CCc2sccc2[C@@H]1C1CC1)Nc1cc(Cl)ccc1-n1cncn1. The third-order valence-electron chi connectivity index (χ3n) is 5.61. The first-order valence-corrected chi connectivity index (χ1v) is 10.8. The van der Waals surface area contributed by atoms with Crippen LogP contribution in [-0.4, -0.2) is 33.8 Å². The van der Waals surface area contributed by atoms with Crippen LogP contribution in [0.15, 0.2) is 42.3 Å². The van der Waals surface area contributed by atoms with Crippen LogP contribution in [0.3, 0.4) is 0 Å². The smallest absolute Gasteiger partial charge is 0.279 e. The number of halogens is 1. The molecule has 2 atom stereocenters. The van der Waals surface area contributed by atoms with Gasteiger partial charge in [0.15, 0.2) is 6.54 Å². The molecule has 2 aromatic heterocycles. The maximum absolute atomic E-state index is 12.9. The van der Waals surface area contributed by atoms with Gasteiger partial charge >= 0.3 is 0 Å². The lowest BCUT2D eigenvalue weighted by Crippen LogP contribution is -3.14. The molecule has 2 aliphatic rings. The van der Waals surface area contributed by atoms with Crippen molar-refractivity contribution in [2.45, 2.75) is 25.3 Å². The molecular formula is C20H21ClN5OS+. The Morgan fingerprint density at radius 2 is 2.25 bits per heavy atom. The largest absolute Gasteiger partial charge is 0.320 e. The van der Waals surface area contributed by atoms with E-state index in [2.05, 4.69) is 26.8 Å². The molecule has 5 rings (SSSR count). The Hall–Kier alpha value is -2.22. The number of hydrogen-bond donors (Lipinski definition) is 2. The van der Waals surface area contributed by atoms with Crippen LogP contribution in [0.4, 0.5) is 5.69 Å². The Morgan fingerprint density at radius 3 is 3.04 bits per heavy atom. The number of anilines is 1. The maximum Gasteiger partial charge on any atom is 0.279 e. The Labute approximate surface area is 172 Å². The molecule has 0 bridgehead atoms. The molecule has 1 aliphatic heterocycles. The van der Waals surface area contributed by atoms with Crippen LogP contribution < -0.4 is 10.2 Å². The van der Waals surface area contributed by atoms with Crippen LogP contribution in [0.5, 0.6) is 0 Å². The first-order valence-electron chi connectivity index (χ1n) is 9.54. The molecule has 0 saturated heterocycles. The molecule has 1 aromatic carbocycles. The fraction of sp³-hybridized carbons (Fsp3) is 0.350. The fourth-order valence-corrected chi connectivity index (χ4v) is 5.34. The summed E-state index contributed by atoms with van der Waals surface area (Å²) in [6, 6.07) is 8.10. The zero-order valence-corrected chi connectivity index (χ0v) is 16.8. The number of carbonyl (C=O) groups is 1. The molecule has 1 aliphatic carbocycles. The van der Waals surface area contributed by atoms with Crippen molar-refractivity contribution < 1.29 is 9.69 Å². The molecule has 3 aromatic rings. The monoisotopic (exact) mass is 414 g/mol. The highest BCUT2D eigenvalue weighted by molar-refractivity contribution is 7.10. The van der Waals surface area contributed by atoms with Crippen LogP contribution in [0.25, 0.3) is 5.69 Å². The summed E-state index contributed by atoms with van der Waals surface area (Å²) >= 11 is 8.03. The van der Waals surface area contributed by atoms with Gasteiger partial charge in [-0.3, -0.25) is 4.79 Å². The fourth-order valence-electron chi connectivity index (χ4n) is 4.24. The minimum atomic E-state index is 0.00274. The molecule has 28 heavy (non-hydrogen) atoms. The van der Waals surface area contributed by atoms with Crippen molar-refractivity contribution in [3.05, 3.63) is 57.8 Å². The summed E-state index contributed by atoms with van der Waals surface area (Å²) in [5.41, 5.74) is 2.87. The first-order chi connectivity index (χ1) is 13.7. The van der Waals surface area contributed by atoms with E-state index in [1.54, 1.807) is 23.1 Å². The number of quaternary nitrogens is 1. The second kappa shape index (κ2) is 7.31. The highest BCUT2D eigenvalue weighted by Gasteiger charge is 2.43. The quantitative estimate of drug-likeness (QED) is 0.674. The molecule has 8 heteroatoms. The van der Waals surface area contributed by atoms with Gasteiger partial charge in [-0.1, -0.05) is 11.6 Å². The summed E-state index contributed by atoms with van der Waals surface area (Å²) < 4.78 is 1.63. The van der Waals surface area contributed by atoms with Crippen LogP contribution >= 0.6 is 22.9 Å². The third-order valence-corrected chi connectivity index (χ3v) is 6.84. The van der Waals surface area contributed by atoms with Gasteiger partial charge < -0.3 is 10.2 Å². The summed E-state index contributed by atoms with van der Waals surface area (Å²) in [5.74, 6) is 0.719. The molecule has 0 radical (unpaired) electrons. The van der Waals surface area contributed by atoms with Crippen molar-refractivity contribution in [3.8, 4) is 5.69 Å². The van der Waals surface area contributed by atoms with E-state index in [0.717, 1.165) is 18.7 Å². The van der Waals surface area contributed by atoms with Gasteiger partial charge in [-0.15, -0.1) is 11.3 Å². The number of benzene rings is 1. The van der Waals surface area contributed by atoms with E-state index >= 15 is 0 Å². The second-order valence-corrected chi connectivity index (χ2v) is 8.94. The summed E-state index contributed by atoms with van der Waals surface area (Å²) in [6.45, 7) is 1.47. The molecule has 2 N–H and O–H groups in total. The van der Waals surface area contributed by atoms with E-state index in [4.69, 9.17) is 11.6 Å². The van der Waals surface area contributed by atoms with Crippen LogP contribution in [0.2, 0.25) is 5.02 Å². The summed E-state index contributed by atoms with van der Waals surface area (Å²) in [6.07, 6.45) is 6.68. The second-order valence-electron chi connectivity index (χ2n) is 7.50. The zero-order valence-electron chi connectivity index (χ0n) is 15.3. The van der Waals surface area contributed by atoms with E-state index in [-0.39, 0.29) is 5.91 Å². The van der Waals surface area contributed by atoms with Gasteiger partial charge in [-0.05, 0) is 42.5 Å². The number of amides is 1. The average molecular weight is 415 g/mol. The number of carbonyl (C=O) groups excluding carboxylic acids is 1. The molecule has 6 nitrogen and oxygen atoms in total. The van der Waals surface area contributed by atoms with Crippen LogP contribution in [0, 0.1) is 5.92 Å². The van der Waals surface area contributed by atoms with E-state index in [9.17, 15) is 4.79 Å². The van der Waals surface area contributed by atoms with E-state index in [1.165, 1.54) is 34.5 Å². The Kier molecular flexibility index (Phi) is 4.66. The Morgan fingerprint density at radius 1 is 1.36 bits per heavy atom. The lowest BCUT2D eigenvalue weighted by molar-refractivity contribution is -0.928. The minimum absolute atomic E-state index is 0.00274. The number of rotatable bonds is 5. The number of hydrogen-bond acceptors (Lipinski definition) is 4. The van der Waals surface area contributed by atoms with Crippen molar-refractivity contribution in [3.63, 3.8) is 0 Å². The van der Waals surface area contributed by atoms with Crippen LogP contribution in [0.1, 0.15) is 29.3 Å². The number of fused-ring (bicyclic) bond motifs is 1. The van der Waals surface area contributed by atoms with Crippen molar-refractivity contribution >= 4 is 34.5 Å².